The van der Waals surface area contributed by atoms with Crippen molar-refractivity contribution in [3.05, 3.63) is 52.6 Å². The first kappa shape index (κ1) is 15.2. The molecule has 1 unspecified atom stereocenters. The van der Waals surface area contributed by atoms with Gasteiger partial charge < -0.3 is 10.4 Å². The zero-order chi connectivity index (χ0) is 15.6. The highest BCUT2D eigenvalue weighted by Crippen LogP contribution is 2.16. The van der Waals surface area contributed by atoms with Gasteiger partial charge in [-0.1, -0.05) is 18.2 Å². The number of aromatic nitrogens is 2. The van der Waals surface area contributed by atoms with E-state index in [-0.39, 0.29) is 18.0 Å². The number of carbonyl (C=O) groups excluding carboxylic acids is 1. The summed E-state index contributed by atoms with van der Waals surface area (Å²) in [5.41, 5.74) is 2.01. The molecule has 0 fully saturated rings. The zero-order valence-electron chi connectivity index (χ0n) is 12.2. The smallest absolute Gasteiger partial charge is 0.255 e. The fraction of sp³-hybridized carbons (Fsp3) is 0.333. The van der Waals surface area contributed by atoms with Crippen LogP contribution in [0.5, 0.6) is 0 Å². The maximum Gasteiger partial charge on any atom is 0.255 e. The molecule has 1 aromatic carbocycles. The largest absolute Gasteiger partial charge is 0.386 e. The Morgan fingerprint density at radius 2 is 2.10 bits per heavy atom. The molecule has 0 saturated carbocycles. The monoisotopic (exact) mass is 291 g/mol. The first-order chi connectivity index (χ1) is 9.91. The Bertz CT molecular complexity index is 667. The minimum Gasteiger partial charge on any atom is -0.386 e. The number of aliphatic hydroxyl groups is 1. The van der Waals surface area contributed by atoms with Crippen LogP contribution >= 0.6 is 0 Å². The molecule has 0 aliphatic heterocycles. The number of carbonyl (C=O) groups is 1. The van der Waals surface area contributed by atoms with Gasteiger partial charge in [0, 0.05) is 24.8 Å². The van der Waals surface area contributed by atoms with Crippen molar-refractivity contribution >= 4 is 5.91 Å². The Labute approximate surface area is 122 Å². The van der Waals surface area contributed by atoms with Gasteiger partial charge in [-0.2, -0.15) is 5.10 Å². The van der Waals surface area contributed by atoms with Crippen molar-refractivity contribution < 1.29 is 14.3 Å². The molecule has 1 aromatic heterocycles. The molecule has 2 aromatic rings. The van der Waals surface area contributed by atoms with Gasteiger partial charge in [-0.25, -0.2) is 4.39 Å². The number of halogens is 1. The van der Waals surface area contributed by atoms with E-state index in [2.05, 4.69) is 10.4 Å². The second-order valence-corrected chi connectivity index (χ2v) is 4.92. The average Bonchev–Trinajstić information content (AvgIpc) is 2.70. The summed E-state index contributed by atoms with van der Waals surface area (Å²) in [5, 5.41) is 16.7. The van der Waals surface area contributed by atoms with E-state index >= 15 is 0 Å². The van der Waals surface area contributed by atoms with Crippen molar-refractivity contribution in [2.45, 2.75) is 20.0 Å². The van der Waals surface area contributed by atoms with E-state index in [0.717, 1.165) is 5.69 Å². The Morgan fingerprint density at radius 3 is 2.67 bits per heavy atom. The molecular formula is C15H18FN3O2. The van der Waals surface area contributed by atoms with Crippen LogP contribution in [0.15, 0.2) is 24.3 Å². The molecule has 0 aliphatic carbocycles. The molecule has 0 bridgehead atoms. The first-order valence-corrected chi connectivity index (χ1v) is 6.62. The van der Waals surface area contributed by atoms with E-state index in [0.29, 0.717) is 11.3 Å². The Balaban J connectivity index is 2.06. The molecule has 6 heteroatoms. The molecule has 0 aliphatic rings. The number of amides is 1. The minimum absolute atomic E-state index is 0.0620. The maximum atomic E-state index is 13.5. The molecule has 0 saturated heterocycles. The summed E-state index contributed by atoms with van der Waals surface area (Å²) < 4.78 is 15.2. The van der Waals surface area contributed by atoms with Crippen LogP contribution in [0.2, 0.25) is 0 Å². The van der Waals surface area contributed by atoms with E-state index in [1.165, 1.54) is 12.1 Å². The van der Waals surface area contributed by atoms with Gasteiger partial charge in [0.25, 0.3) is 5.91 Å². The van der Waals surface area contributed by atoms with Crippen LogP contribution < -0.4 is 5.32 Å². The number of aliphatic hydroxyl groups excluding tert-OH is 1. The van der Waals surface area contributed by atoms with E-state index in [1.54, 1.807) is 37.7 Å². The SMILES string of the molecule is Cc1nn(C)c(C)c1C(=O)NCC(O)c1ccccc1F. The average molecular weight is 291 g/mol. The van der Waals surface area contributed by atoms with E-state index in [4.69, 9.17) is 0 Å². The fourth-order valence-electron chi connectivity index (χ4n) is 2.24. The summed E-state index contributed by atoms with van der Waals surface area (Å²) in [6, 6.07) is 5.95. The topological polar surface area (TPSA) is 67.2 Å². The van der Waals surface area contributed by atoms with Crippen LogP contribution in [0.4, 0.5) is 4.39 Å². The lowest BCUT2D eigenvalue weighted by Crippen LogP contribution is -2.29. The second kappa shape index (κ2) is 6.05. The molecule has 1 atom stereocenters. The van der Waals surface area contributed by atoms with E-state index < -0.39 is 11.9 Å². The lowest BCUT2D eigenvalue weighted by molar-refractivity contribution is 0.0912. The zero-order valence-corrected chi connectivity index (χ0v) is 12.2. The van der Waals surface area contributed by atoms with Crippen molar-refractivity contribution in [1.29, 1.82) is 0 Å². The number of nitrogens with zero attached hydrogens (tertiary/aromatic N) is 2. The maximum absolute atomic E-state index is 13.5. The summed E-state index contributed by atoms with van der Waals surface area (Å²) in [6.45, 7) is 3.48. The summed E-state index contributed by atoms with van der Waals surface area (Å²) in [6.07, 6.45) is -1.09. The lowest BCUT2D eigenvalue weighted by Gasteiger charge is -2.13. The number of aryl methyl sites for hydroxylation is 2. The van der Waals surface area contributed by atoms with Gasteiger partial charge in [0.15, 0.2) is 0 Å². The predicted molar refractivity (Wildman–Crippen MR) is 76.4 cm³/mol. The third-order valence-electron chi connectivity index (χ3n) is 3.46. The van der Waals surface area contributed by atoms with Crippen LogP contribution in [0, 0.1) is 19.7 Å². The Kier molecular flexibility index (Phi) is 4.37. The molecule has 5 nitrogen and oxygen atoms in total. The predicted octanol–water partition coefficient (Wildman–Crippen LogP) is 1.64. The van der Waals surface area contributed by atoms with Gasteiger partial charge in [0.2, 0.25) is 0 Å². The lowest BCUT2D eigenvalue weighted by atomic mass is 10.1. The number of hydrogen-bond acceptors (Lipinski definition) is 3. The summed E-state index contributed by atoms with van der Waals surface area (Å²) >= 11 is 0. The normalized spacial score (nSPS) is 12.2. The highest BCUT2D eigenvalue weighted by molar-refractivity contribution is 5.96. The number of benzene rings is 1. The molecule has 0 spiro atoms. The minimum atomic E-state index is -1.09. The number of hydrogen-bond donors (Lipinski definition) is 2. The van der Waals surface area contributed by atoms with Crippen molar-refractivity contribution in [1.82, 2.24) is 15.1 Å². The van der Waals surface area contributed by atoms with Crippen LogP contribution in [-0.4, -0.2) is 27.3 Å². The van der Waals surface area contributed by atoms with Gasteiger partial charge in [-0.05, 0) is 19.9 Å². The molecule has 2 rings (SSSR count). The molecule has 112 valence electrons. The molecule has 1 heterocycles. The third kappa shape index (κ3) is 3.11. The van der Waals surface area contributed by atoms with Gasteiger partial charge in [0.1, 0.15) is 5.82 Å². The molecule has 1 amide bonds. The van der Waals surface area contributed by atoms with Crippen molar-refractivity contribution in [2.75, 3.05) is 6.54 Å². The highest BCUT2D eigenvalue weighted by Gasteiger charge is 2.19. The van der Waals surface area contributed by atoms with Gasteiger partial charge in [-0.3, -0.25) is 9.48 Å². The molecule has 21 heavy (non-hydrogen) atoms. The second-order valence-electron chi connectivity index (χ2n) is 4.92. The molecule has 0 radical (unpaired) electrons. The molecule has 2 N–H and O–H groups in total. The Morgan fingerprint density at radius 1 is 1.43 bits per heavy atom. The quantitative estimate of drug-likeness (QED) is 0.900. The van der Waals surface area contributed by atoms with Gasteiger partial charge in [-0.15, -0.1) is 0 Å². The van der Waals surface area contributed by atoms with Crippen molar-refractivity contribution in [2.24, 2.45) is 7.05 Å². The fourth-order valence-corrected chi connectivity index (χ4v) is 2.24. The third-order valence-corrected chi connectivity index (χ3v) is 3.46. The van der Waals surface area contributed by atoms with Gasteiger partial charge >= 0.3 is 0 Å². The highest BCUT2D eigenvalue weighted by atomic mass is 19.1. The number of rotatable bonds is 4. The number of nitrogens with one attached hydrogen (secondary N) is 1. The van der Waals surface area contributed by atoms with Crippen molar-refractivity contribution in [3.8, 4) is 0 Å². The van der Waals surface area contributed by atoms with Gasteiger partial charge in [0.05, 0.1) is 17.4 Å². The van der Waals surface area contributed by atoms with Crippen LogP contribution in [0.3, 0.4) is 0 Å². The standard InChI is InChI=1S/C15H18FN3O2/c1-9-14(10(2)19(3)18-9)15(21)17-8-13(20)11-6-4-5-7-12(11)16/h4-7,13,20H,8H2,1-3H3,(H,17,21). The Hall–Kier alpha value is -2.21. The van der Waals surface area contributed by atoms with E-state index in [9.17, 15) is 14.3 Å². The van der Waals surface area contributed by atoms with Crippen LogP contribution in [0.1, 0.15) is 33.4 Å². The van der Waals surface area contributed by atoms with Crippen molar-refractivity contribution in [3.63, 3.8) is 0 Å². The first-order valence-electron chi connectivity index (χ1n) is 6.62. The van der Waals surface area contributed by atoms with Crippen LogP contribution in [-0.2, 0) is 7.05 Å². The van der Waals surface area contributed by atoms with E-state index in [1.807, 2.05) is 0 Å². The summed E-state index contributed by atoms with van der Waals surface area (Å²) in [5.74, 6) is -0.818. The summed E-state index contributed by atoms with van der Waals surface area (Å²) in [7, 11) is 1.76. The van der Waals surface area contributed by atoms with Crippen LogP contribution in [0.25, 0.3) is 0 Å². The summed E-state index contributed by atoms with van der Waals surface area (Å²) in [4.78, 5) is 12.2. The molecular weight excluding hydrogens is 273 g/mol.